The maximum Gasteiger partial charge on any atom is 0.333 e. The predicted molar refractivity (Wildman–Crippen MR) is 88.2 cm³/mol. The zero-order valence-electron chi connectivity index (χ0n) is 14.1. The highest BCUT2D eigenvalue weighted by atomic mass is 16.5. The third-order valence-electron chi connectivity index (χ3n) is 3.27. The Hall–Kier alpha value is -1.51. The van der Waals surface area contributed by atoms with Gasteiger partial charge in [0, 0.05) is 12.0 Å². The zero-order valence-corrected chi connectivity index (χ0v) is 14.1. The van der Waals surface area contributed by atoms with Crippen molar-refractivity contribution >= 4 is 5.97 Å². The minimum Gasteiger partial charge on any atom is -0.512 e. The fraction of sp³-hybridized carbons (Fsp3) is 0.611. The van der Waals surface area contributed by atoms with Gasteiger partial charge in [0.1, 0.15) is 0 Å². The van der Waals surface area contributed by atoms with Gasteiger partial charge < -0.3 is 9.84 Å². The van der Waals surface area contributed by atoms with E-state index in [0.29, 0.717) is 24.5 Å². The molecule has 1 unspecified atom stereocenters. The van der Waals surface area contributed by atoms with E-state index in [1.165, 1.54) is 5.57 Å². The van der Waals surface area contributed by atoms with Crippen LogP contribution in [-0.2, 0) is 9.53 Å². The molecular weight excluding hydrogens is 264 g/mol. The van der Waals surface area contributed by atoms with Crippen LogP contribution in [0, 0.1) is 5.92 Å². The molecule has 0 aliphatic heterocycles. The Bertz CT molecular complexity index is 399. The number of rotatable bonds is 9. The molecule has 0 fully saturated rings. The molecule has 0 heterocycles. The van der Waals surface area contributed by atoms with Crippen LogP contribution >= 0.6 is 0 Å². The number of hydrogen-bond donors (Lipinski definition) is 1. The van der Waals surface area contributed by atoms with Gasteiger partial charge in [0.25, 0.3) is 0 Å². The summed E-state index contributed by atoms with van der Waals surface area (Å²) in [6.07, 6.45) is 9.01. The summed E-state index contributed by atoms with van der Waals surface area (Å²) in [6.45, 7) is 10.4. The molecule has 0 bridgehead atoms. The zero-order chi connectivity index (χ0) is 16.3. The summed E-state index contributed by atoms with van der Waals surface area (Å²) in [6, 6.07) is 0. The van der Waals surface area contributed by atoms with Crippen molar-refractivity contribution in [3.05, 3.63) is 35.1 Å². The highest BCUT2D eigenvalue weighted by molar-refractivity contribution is 5.88. The number of aliphatic hydroxyl groups excluding tert-OH is 1. The molecule has 0 spiro atoms. The van der Waals surface area contributed by atoms with Gasteiger partial charge in [-0.2, -0.15) is 0 Å². The standard InChI is InChI=1S/C18H30O3/c1-6-17(19)11-10-16(5)18(20)21-13-12-15(4)9-7-8-14(2)3/h8,10-11,15,19H,6-7,9,12-13H2,1-5H3/b16-10+,17-11+. The largest absolute Gasteiger partial charge is 0.512 e. The van der Waals surface area contributed by atoms with E-state index in [1.54, 1.807) is 19.1 Å². The van der Waals surface area contributed by atoms with Gasteiger partial charge in [0.05, 0.1) is 12.4 Å². The van der Waals surface area contributed by atoms with E-state index in [0.717, 1.165) is 19.3 Å². The molecular formula is C18H30O3. The maximum absolute atomic E-state index is 11.7. The van der Waals surface area contributed by atoms with Gasteiger partial charge in [-0.15, -0.1) is 0 Å². The topological polar surface area (TPSA) is 46.5 Å². The first-order valence-electron chi connectivity index (χ1n) is 7.73. The molecule has 3 nitrogen and oxygen atoms in total. The van der Waals surface area contributed by atoms with Crippen molar-refractivity contribution < 1.29 is 14.6 Å². The van der Waals surface area contributed by atoms with Gasteiger partial charge in [0.15, 0.2) is 0 Å². The molecule has 1 atom stereocenters. The first kappa shape index (κ1) is 19.5. The Balaban J connectivity index is 4.01. The van der Waals surface area contributed by atoms with Crippen molar-refractivity contribution in [2.75, 3.05) is 6.61 Å². The SMILES string of the molecule is CC/C(O)=C\C=C(/C)C(=O)OCCC(C)CCC=C(C)C. The molecule has 3 heteroatoms. The summed E-state index contributed by atoms with van der Waals surface area (Å²) < 4.78 is 5.23. The summed E-state index contributed by atoms with van der Waals surface area (Å²) >= 11 is 0. The molecule has 0 aromatic rings. The molecule has 0 aliphatic carbocycles. The second-order valence-corrected chi connectivity index (χ2v) is 5.75. The Labute approximate surface area is 129 Å². The van der Waals surface area contributed by atoms with Crippen LogP contribution in [-0.4, -0.2) is 17.7 Å². The lowest BCUT2D eigenvalue weighted by molar-refractivity contribution is -0.139. The van der Waals surface area contributed by atoms with Crippen molar-refractivity contribution in [3.8, 4) is 0 Å². The number of aliphatic hydroxyl groups is 1. The van der Waals surface area contributed by atoms with Crippen molar-refractivity contribution in [2.24, 2.45) is 5.92 Å². The minimum absolute atomic E-state index is 0.259. The lowest BCUT2D eigenvalue weighted by Gasteiger charge is -2.10. The number of carbonyl (C=O) groups excluding carboxylic acids is 1. The van der Waals surface area contributed by atoms with E-state index in [2.05, 4.69) is 26.8 Å². The summed E-state index contributed by atoms with van der Waals surface area (Å²) in [4.78, 5) is 11.7. The predicted octanol–water partition coefficient (Wildman–Crippen LogP) is 5.10. The molecule has 0 amide bonds. The van der Waals surface area contributed by atoms with Crippen LogP contribution in [0.3, 0.4) is 0 Å². The molecule has 21 heavy (non-hydrogen) atoms. The second-order valence-electron chi connectivity index (χ2n) is 5.75. The quantitative estimate of drug-likeness (QED) is 0.211. The van der Waals surface area contributed by atoms with Crippen LogP contribution in [0.4, 0.5) is 0 Å². The smallest absolute Gasteiger partial charge is 0.333 e. The third kappa shape index (κ3) is 10.9. The van der Waals surface area contributed by atoms with Crippen molar-refractivity contribution in [3.63, 3.8) is 0 Å². The highest BCUT2D eigenvalue weighted by Crippen LogP contribution is 2.12. The molecule has 0 rings (SSSR count). The fourth-order valence-electron chi connectivity index (χ4n) is 1.67. The van der Waals surface area contributed by atoms with Gasteiger partial charge in [-0.05, 0) is 58.1 Å². The Morgan fingerprint density at radius 3 is 2.43 bits per heavy atom. The Morgan fingerprint density at radius 2 is 1.86 bits per heavy atom. The van der Waals surface area contributed by atoms with Gasteiger partial charge in [0.2, 0.25) is 0 Å². The number of hydrogen-bond acceptors (Lipinski definition) is 3. The monoisotopic (exact) mass is 294 g/mol. The first-order chi connectivity index (χ1) is 9.86. The van der Waals surface area contributed by atoms with Crippen LogP contribution in [0.25, 0.3) is 0 Å². The van der Waals surface area contributed by atoms with E-state index in [4.69, 9.17) is 4.74 Å². The number of allylic oxidation sites excluding steroid dienone is 5. The molecule has 0 aliphatic rings. The van der Waals surface area contributed by atoms with Crippen LogP contribution in [0.15, 0.2) is 35.1 Å². The minimum atomic E-state index is -0.313. The van der Waals surface area contributed by atoms with Crippen molar-refractivity contribution in [1.29, 1.82) is 0 Å². The van der Waals surface area contributed by atoms with E-state index in [-0.39, 0.29) is 11.7 Å². The van der Waals surface area contributed by atoms with Gasteiger partial charge in [-0.25, -0.2) is 4.79 Å². The second kappa shape index (κ2) is 11.2. The van der Waals surface area contributed by atoms with Gasteiger partial charge in [-0.1, -0.05) is 25.5 Å². The summed E-state index contributed by atoms with van der Waals surface area (Å²) in [5.74, 6) is 0.489. The molecule has 1 N–H and O–H groups in total. The Morgan fingerprint density at radius 1 is 1.19 bits per heavy atom. The Kier molecular flexibility index (Phi) is 10.4. The number of esters is 1. The first-order valence-corrected chi connectivity index (χ1v) is 7.73. The third-order valence-corrected chi connectivity index (χ3v) is 3.27. The molecule has 0 aromatic carbocycles. The maximum atomic E-state index is 11.7. The average Bonchev–Trinajstić information content (AvgIpc) is 2.43. The summed E-state index contributed by atoms with van der Waals surface area (Å²) in [5, 5.41) is 9.32. The molecule has 0 saturated heterocycles. The van der Waals surface area contributed by atoms with Crippen LogP contribution in [0.2, 0.25) is 0 Å². The van der Waals surface area contributed by atoms with Crippen molar-refractivity contribution in [2.45, 2.75) is 60.3 Å². The summed E-state index contributed by atoms with van der Waals surface area (Å²) in [7, 11) is 0. The summed E-state index contributed by atoms with van der Waals surface area (Å²) in [5.41, 5.74) is 1.85. The molecule has 0 aromatic heterocycles. The van der Waals surface area contributed by atoms with E-state index >= 15 is 0 Å². The average molecular weight is 294 g/mol. The molecule has 120 valence electrons. The van der Waals surface area contributed by atoms with Crippen LogP contribution in [0.5, 0.6) is 0 Å². The normalized spacial score (nSPS) is 13.8. The van der Waals surface area contributed by atoms with Crippen molar-refractivity contribution in [1.82, 2.24) is 0 Å². The lowest BCUT2D eigenvalue weighted by atomic mass is 10.0. The lowest BCUT2D eigenvalue weighted by Crippen LogP contribution is -2.09. The van der Waals surface area contributed by atoms with Gasteiger partial charge >= 0.3 is 5.97 Å². The number of ether oxygens (including phenoxy) is 1. The van der Waals surface area contributed by atoms with Crippen LogP contribution < -0.4 is 0 Å². The van der Waals surface area contributed by atoms with E-state index < -0.39 is 0 Å². The number of carbonyl (C=O) groups is 1. The van der Waals surface area contributed by atoms with E-state index in [1.807, 2.05) is 6.92 Å². The van der Waals surface area contributed by atoms with Crippen LogP contribution in [0.1, 0.15) is 60.3 Å². The van der Waals surface area contributed by atoms with E-state index in [9.17, 15) is 9.90 Å². The van der Waals surface area contributed by atoms with Gasteiger partial charge in [-0.3, -0.25) is 0 Å². The molecule has 0 saturated carbocycles. The molecule has 0 radical (unpaired) electrons. The fourth-order valence-corrected chi connectivity index (χ4v) is 1.67. The highest BCUT2D eigenvalue weighted by Gasteiger charge is 2.07.